The highest BCUT2D eigenvalue weighted by Crippen LogP contribution is 2.32. The summed E-state index contributed by atoms with van der Waals surface area (Å²) in [5.74, 6) is 0.318. The molecule has 140 valence electrons. The predicted molar refractivity (Wildman–Crippen MR) is 96.2 cm³/mol. The number of amides is 4. The number of rotatable bonds is 3. The van der Waals surface area contributed by atoms with Crippen molar-refractivity contribution in [2.45, 2.75) is 32.2 Å². The molecule has 0 aliphatic carbocycles. The Hall–Kier alpha value is -3.16. The average molecular weight is 368 g/mol. The van der Waals surface area contributed by atoms with Gasteiger partial charge in [-0.15, -0.1) is 0 Å². The first-order valence-electron chi connectivity index (χ1n) is 8.98. The number of piperidine rings is 1. The fourth-order valence-corrected chi connectivity index (χ4v) is 3.62. The molecule has 8 heteroatoms. The number of benzene rings is 1. The smallest absolute Gasteiger partial charge is 0.329 e. The van der Waals surface area contributed by atoms with Gasteiger partial charge in [0.1, 0.15) is 18.0 Å². The number of carbonyl (C=O) groups excluding carboxylic acids is 3. The number of likely N-dealkylation sites (tertiary alicyclic amines) is 1. The fraction of sp³-hybridized carbons (Fsp3) is 0.368. The molecule has 0 spiro atoms. The number of imide groups is 1. The van der Waals surface area contributed by atoms with E-state index < -0.39 is 6.03 Å². The molecule has 1 aromatic carbocycles. The molecule has 2 aliphatic heterocycles. The molecule has 3 heterocycles. The second-order valence-electron chi connectivity index (χ2n) is 6.86. The highest BCUT2D eigenvalue weighted by molar-refractivity contribution is 6.12. The molecule has 4 amide bonds. The Morgan fingerprint density at radius 3 is 2.63 bits per heavy atom. The summed E-state index contributed by atoms with van der Waals surface area (Å²) in [4.78, 5) is 39.3. The van der Waals surface area contributed by atoms with Gasteiger partial charge < -0.3 is 9.42 Å². The van der Waals surface area contributed by atoms with E-state index in [-0.39, 0.29) is 24.4 Å². The van der Waals surface area contributed by atoms with E-state index >= 15 is 0 Å². The van der Waals surface area contributed by atoms with Crippen molar-refractivity contribution >= 4 is 23.5 Å². The average Bonchev–Trinajstić information content (AvgIpc) is 3.26. The molecule has 2 aliphatic rings. The Bertz CT molecular complexity index is 889. The van der Waals surface area contributed by atoms with Gasteiger partial charge in [0.25, 0.3) is 5.91 Å². The fourth-order valence-electron chi connectivity index (χ4n) is 3.62. The van der Waals surface area contributed by atoms with Crippen molar-refractivity contribution in [2.75, 3.05) is 18.0 Å². The van der Waals surface area contributed by atoms with Crippen LogP contribution in [0.3, 0.4) is 0 Å². The van der Waals surface area contributed by atoms with Crippen LogP contribution in [0.5, 0.6) is 0 Å². The number of urea groups is 1. The number of nitrogens with one attached hydrogen (secondary N) is 1. The molecule has 2 fully saturated rings. The zero-order valence-corrected chi connectivity index (χ0v) is 15.0. The number of hydrogen-bond donors (Lipinski definition) is 1. The molecule has 0 radical (unpaired) electrons. The van der Waals surface area contributed by atoms with E-state index in [4.69, 9.17) is 4.52 Å². The van der Waals surface area contributed by atoms with E-state index in [0.717, 1.165) is 30.7 Å². The van der Waals surface area contributed by atoms with E-state index in [9.17, 15) is 14.4 Å². The molecule has 1 aromatic heterocycles. The van der Waals surface area contributed by atoms with Gasteiger partial charge in [-0.1, -0.05) is 5.16 Å². The van der Waals surface area contributed by atoms with Gasteiger partial charge >= 0.3 is 6.03 Å². The van der Waals surface area contributed by atoms with Gasteiger partial charge in [-0.3, -0.25) is 19.8 Å². The van der Waals surface area contributed by atoms with E-state index in [0.29, 0.717) is 17.8 Å². The number of nitrogens with zero attached hydrogens (tertiary/aromatic N) is 3. The lowest BCUT2D eigenvalue weighted by Gasteiger charge is -2.34. The summed E-state index contributed by atoms with van der Waals surface area (Å²) in [5, 5.41) is 6.33. The third-order valence-electron chi connectivity index (χ3n) is 4.97. The predicted octanol–water partition coefficient (Wildman–Crippen LogP) is 2.41. The molecule has 27 heavy (non-hydrogen) atoms. The summed E-state index contributed by atoms with van der Waals surface area (Å²) in [6, 6.07) is 8.08. The summed E-state index contributed by atoms with van der Waals surface area (Å²) in [7, 11) is 0. The van der Waals surface area contributed by atoms with Crippen LogP contribution in [0.15, 0.2) is 34.9 Å². The standard InChI is InChI=1S/C19H20N4O4/c1-12-10-15(21-27-12)16-4-2-3-9-22(16)18(25)13-5-7-14(8-6-13)23-11-17(24)20-19(23)26/h5-8,10,16H,2-4,9,11H2,1H3,(H,20,24,26). The third-order valence-corrected chi connectivity index (χ3v) is 4.97. The van der Waals surface area contributed by atoms with E-state index in [1.54, 1.807) is 24.3 Å². The van der Waals surface area contributed by atoms with Gasteiger partial charge in [0.2, 0.25) is 5.91 Å². The summed E-state index contributed by atoms with van der Waals surface area (Å²) in [6.45, 7) is 2.50. The maximum atomic E-state index is 13.1. The van der Waals surface area contributed by atoms with E-state index in [1.165, 1.54) is 4.90 Å². The zero-order chi connectivity index (χ0) is 19.0. The molecule has 1 unspecified atom stereocenters. The summed E-state index contributed by atoms with van der Waals surface area (Å²) in [6.07, 6.45) is 2.84. The molecule has 2 aromatic rings. The topological polar surface area (TPSA) is 95.8 Å². The second kappa shape index (κ2) is 6.86. The van der Waals surface area contributed by atoms with Crippen molar-refractivity contribution in [3.8, 4) is 0 Å². The van der Waals surface area contributed by atoms with E-state index in [2.05, 4.69) is 10.5 Å². The minimum absolute atomic E-state index is 0.00810. The van der Waals surface area contributed by atoms with Crippen LogP contribution in [0, 0.1) is 6.92 Å². The minimum Gasteiger partial charge on any atom is -0.361 e. The maximum Gasteiger partial charge on any atom is 0.329 e. The van der Waals surface area contributed by atoms with Crippen LogP contribution in [0.2, 0.25) is 0 Å². The lowest BCUT2D eigenvalue weighted by molar-refractivity contribution is -0.117. The van der Waals surface area contributed by atoms with Crippen LogP contribution in [0.25, 0.3) is 0 Å². The highest BCUT2D eigenvalue weighted by Gasteiger charge is 2.31. The molecule has 1 N–H and O–H groups in total. The van der Waals surface area contributed by atoms with Crippen molar-refractivity contribution in [1.82, 2.24) is 15.4 Å². The zero-order valence-electron chi connectivity index (χ0n) is 15.0. The molecule has 1 atom stereocenters. The molecular formula is C19H20N4O4. The molecule has 0 bridgehead atoms. The Morgan fingerprint density at radius 2 is 2.00 bits per heavy atom. The van der Waals surface area contributed by atoms with Crippen molar-refractivity contribution in [3.63, 3.8) is 0 Å². The van der Waals surface area contributed by atoms with Gasteiger partial charge in [0.15, 0.2) is 0 Å². The molecule has 0 saturated carbocycles. The summed E-state index contributed by atoms with van der Waals surface area (Å²) >= 11 is 0. The second-order valence-corrected chi connectivity index (χ2v) is 6.86. The molecular weight excluding hydrogens is 348 g/mol. The quantitative estimate of drug-likeness (QED) is 0.840. The number of hydrogen-bond acceptors (Lipinski definition) is 5. The van der Waals surface area contributed by atoms with Crippen LogP contribution in [-0.2, 0) is 4.79 Å². The Balaban J connectivity index is 1.54. The normalized spacial score (nSPS) is 20.1. The van der Waals surface area contributed by atoms with Crippen molar-refractivity contribution in [2.24, 2.45) is 0 Å². The minimum atomic E-state index is -0.448. The number of anilines is 1. The van der Waals surface area contributed by atoms with Crippen molar-refractivity contribution in [3.05, 3.63) is 47.3 Å². The largest absolute Gasteiger partial charge is 0.361 e. The first-order valence-corrected chi connectivity index (χ1v) is 8.98. The summed E-state index contributed by atoms with van der Waals surface area (Å²) < 4.78 is 5.18. The van der Waals surface area contributed by atoms with Crippen LogP contribution in [-0.4, -0.2) is 41.0 Å². The molecule has 8 nitrogen and oxygen atoms in total. The van der Waals surface area contributed by atoms with Crippen molar-refractivity contribution < 1.29 is 18.9 Å². The Morgan fingerprint density at radius 1 is 1.22 bits per heavy atom. The first-order chi connectivity index (χ1) is 13.0. The van der Waals surface area contributed by atoms with Gasteiger partial charge in [-0.25, -0.2) is 4.79 Å². The van der Waals surface area contributed by atoms with Crippen LogP contribution in [0.4, 0.5) is 10.5 Å². The van der Waals surface area contributed by atoms with Gasteiger partial charge in [-0.2, -0.15) is 0 Å². The molecule has 2 saturated heterocycles. The third kappa shape index (κ3) is 3.30. The summed E-state index contributed by atoms with van der Waals surface area (Å²) in [5.41, 5.74) is 1.90. The maximum absolute atomic E-state index is 13.1. The lowest BCUT2D eigenvalue weighted by Crippen LogP contribution is -2.38. The van der Waals surface area contributed by atoms with Gasteiger partial charge in [0, 0.05) is 23.9 Å². The highest BCUT2D eigenvalue weighted by atomic mass is 16.5. The number of aromatic nitrogens is 1. The van der Waals surface area contributed by atoms with Crippen LogP contribution >= 0.6 is 0 Å². The van der Waals surface area contributed by atoms with Crippen LogP contribution in [0.1, 0.15) is 47.1 Å². The number of carbonyl (C=O) groups is 3. The Kier molecular flexibility index (Phi) is 4.39. The number of aryl methyl sites for hydroxylation is 1. The SMILES string of the molecule is Cc1cc(C2CCCCN2C(=O)c2ccc(N3CC(=O)NC3=O)cc2)no1. The van der Waals surface area contributed by atoms with Crippen LogP contribution < -0.4 is 10.2 Å². The van der Waals surface area contributed by atoms with E-state index in [1.807, 2.05) is 17.9 Å². The van der Waals surface area contributed by atoms with Crippen molar-refractivity contribution in [1.29, 1.82) is 0 Å². The Labute approximate surface area is 156 Å². The first kappa shape index (κ1) is 17.3. The van der Waals surface area contributed by atoms with Gasteiger partial charge in [0.05, 0.1) is 6.04 Å². The lowest BCUT2D eigenvalue weighted by atomic mass is 9.98. The monoisotopic (exact) mass is 368 g/mol. The molecule has 4 rings (SSSR count). The van der Waals surface area contributed by atoms with Gasteiger partial charge in [-0.05, 0) is 50.5 Å².